The molecule has 0 spiro atoms. The summed E-state index contributed by atoms with van der Waals surface area (Å²) in [6.07, 6.45) is 18.5. The highest BCUT2D eigenvalue weighted by Crippen LogP contribution is 2.39. The number of hydrogen-bond acceptors (Lipinski definition) is 13. The van der Waals surface area contributed by atoms with Gasteiger partial charge in [0.15, 0.2) is 51.8 Å². The maximum absolute atomic E-state index is 13.4. The predicted octanol–water partition coefficient (Wildman–Crippen LogP) is 23.3. The van der Waals surface area contributed by atoms with Gasteiger partial charge >= 0.3 is 5.97 Å². The number of ether oxygens (including phenoxy) is 8. The average molecular weight is 1700 g/mol. The lowest BCUT2D eigenvalue weighted by Gasteiger charge is -2.26. The molecule has 0 saturated carbocycles. The van der Waals surface area contributed by atoms with Crippen molar-refractivity contribution in [3.8, 4) is 46.0 Å². The molecule has 1 unspecified atom stereocenters. The van der Waals surface area contributed by atoms with E-state index < -0.39 is 5.97 Å². The number of nitrogens with zero attached hydrogens (tertiary/aromatic N) is 1. The van der Waals surface area contributed by atoms with Gasteiger partial charge in [0.05, 0.1) is 47.4 Å². The van der Waals surface area contributed by atoms with Gasteiger partial charge in [0.25, 0.3) is 0 Å². The molecule has 14 nitrogen and oxygen atoms in total. The lowest BCUT2D eigenvalue weighted by Crippen LogP contribution is -2.28. The Labute approximate surface area is 730 Å². The summed E-state index contributed by atoms with van der Waals surface area (Å²) in [6.45, 7) is 11.6. The van der Waals surface area contributed by atoms with E-state index in [4.69, 9.17) is 53.7 Å². The normalized spacial score (nSPS) is 12.3. The van der Waals surface area contributed by atoms with Gasteiger partial charge in [0, 0.05) is 31.1 Å². The lowest BCUT2D eigenvalue weighted by molar-refractivity contribution is -0.131. The van der Waals surface area contributed by atoms with Crippen molar-refractivity contribution in [3.05, 3.63) is 403 Å². The van der Waals surface area contributed by atoms with Crippen LogP contribution in [-0.2, 0) is 61.7 Å². The van der Waals surface area contributed by atoms with E-state index in [1.165, 1.54) is 65.2 Å². The number of carbonyl (C=O) groups is 2. The van der Waals surface area contributed by atoms with Crippen molar-refractivity contribution >= 4 is 41.8 Å². The van der Waals surface area contributed by atoms with E-state index in [2.05, 4.69) is 29.6 Å². The van der Waals surface area contributed by atoms with E-state index in [1.807, 2.05) is 209 Å². The number of alkyl halides is 1. The van der Waals surface area contributed by atoms with Crippen molar-refractivity contribution < 1.29 is 74.5 Å². The van der Waals surface area contributed by atoms with Crippen molar-refractivity contribution in [1.29, 1.82) is 0 Å². The number of aliphatic carboxylic acids is 1. The summed E-state index contributed by atoms with van der Waals surface area (Å²) in [7, 11) is 7.08. The van der Waals surface area contributed by atoms with Gasteiger partial charge in [-0.2, -0.15) is 0 Å². The molecule has 0 aromatic heterocycles. The number of carbonyl (C=O) groups excluding carboxylic acids is 1. The highest BCUT2D eigenvalue weighted by atomic mass is 19.1. The second-order valence-corrected chi connectivity index (χ2v) is 29.2. The maximum Gasteiger partial charge on any atom is 0.328 e. The Morgan fingerprint density at radius 1 is 0.416 bits per heavy atom. The van der Waals surface area contributed by atoms with E-state index in [0.29, 0.717) is 69.4 Å². The van der Waals surface area contributed by atoms with Crippen molar-refractivity contribution in [2.24, 2.45) is 10.7 Å². The molecule has 2 heterocycles. The minimum atomic E-state index is -1.01. The Morgan fingerprint density at radius 2 is 0.808 bits per heavy atom. The summed E-state index contributed by atoms with van der Waals surface area (Å²) < 4.78 is 108. The smallest absolute Gasteiger partial charge is 0.328 e. The first-order valence-corrected chi connectivity index (χ1v) is 41.1. The molecule has 0 aliphatic carbocycles. The molecular formula is C106H108F5N3O11. The minimum absolute atomic E-state index is 0.0535. The van der Waals surface area contributed by atoms with Gasteiger partial charge in [-0.05, 0) is 276 Å². The van der Waals surface area contributed by atoms with Gasteiger partial charge in [-0.15, -0.1) is 0 Å². The minimum Gasteiger partial charge on any atom is -0.493 e. The van der Waals surface area contributed by atoms with Gasteiger partial charge in [0.2, 0.25) is 0 Å². The molecule has 0 bridgehead atoms. The van der Waals surface area contributed by atoms with Crippen LogP contribution in [0.15, 0.2) is 284 Å². The molecule has 0 fully saturated rings. The van der Waals surface area contributed by atoms with Crippen LogP contribution in [0.3, 0.4) is 0 Å². The van der Waals surface area contributed by atoms with Crippen LogP contribution in [-0.4, -0.2) is 77.8 Å². The molecule has 12 aromatic rings. The number of fused-ring (bicyclic) bond motifs is 2. The zero-order valence-corrected chi connectivity index (χ0v) is 72.1. The van der Waals surface area contributed by atoms with Crippen molar-refractivity contribution in [2.75, 3.05) is 55.3 Å². The van der Waals surface area contributed by atoms with Crippen LogP contribution in [0.25, 0.3) is 24.3 Å². The number of nitrogens with two attached hydrogens (primary N) is 1. The van der Waals surface area contributed by atoms with Crippen molar-refractivity contribution in [2.45, 2.75) is 98.7 Å². The molecule has 4 N–H and O–H groups in total. The number of rotatable bonds is 30. The second kappa shape index (κ2) is 50.7. The average Bonchev–Trinajstić information content (AvgIpc) is 0.802. The van der Waals surface area contributed by atoms with Crippen LogP contribution < -0.4 is 48.9 Å². The standard InChI is InChI=1S/C27H27FO3.C26H26FNO2.C26H24FNO2.C16H19NO2.C10H9FO2.CH3F/c1-20-17-24(28)14-12-23(20)13-15-25(29)10-6-9-21-11-16-26(30-2)27(18-21)31-19-22-7-4-3-5-8-22;2*1-18-14-22(27)10-8-20(18)9-11-24-23-16-25(29-2)26(15-21(23)12-13-28-24)30-17-19-6-4-3-5-7-19;1-18-15-8-7-13(9-10-17)11-16(15)19-12-14-5-3-2-4-6-14;1-7-6-9(11)4-2-8(7)3-5-10(12)13;1-2/h3-5,7-8,11-18H,6,9-10,19H2,1-2H3;3-11,14-16,24,28H,12-13,17H2,1-2H3;3-11,14-16H,12-13,17H2,1-2H3;2-8,11H,9-10,12,17H2,1H3;2-6H,1H3,(H,12,13);1H3/b15-13+;2*11-9+;;5-3+;. The molecule has 0 amide bonds. The number of aliphatic imine (C=N–C) groups is 1. The van der Waals surface area contributed by atoms with E-state index in [1.54, 1.807) is 71.8 Å². The van der Waals surface area contributed by atoms with Gasteiger partial charge in [0.1, 0.15) is 49.7 Å². The zero-order chi connectivity index (χ0) is 89.2. The highest BCUT2D eigenvalue weighted by molar-refractivity contribution is 6.12. The third kappa shape index (κ3) is 30.7. The Morgan fingerprint density at radius 3 is 1.22 bits per heavy atom. The molecule has 0 radical (unpaired) electrons. The fourth-order valence-electron chi connectivity index (χ4n) is 13.5. The zero-order valence-electron chi connectivity index (χ0n) is 72.1. The van der Waals surface area contributed by atoms with Gasteiger partial charge < -0.3 is 54.1 Å². The first kappa shape index (κ1) is 95.2. The van der Waals surface area contributed by atoms with Gasteiger partial charge in [-0.3, -0.25) is 14.2 Å². The Kier molecular flexibility index (Phi) is 38.6. The number of allylic oxidation sites excluding steroid dienone is 2. The Hall–Kier alpha value is -13.6. The third-order valence-electron chi connectivity index (χ3n) is 20.2. The summed E-state index contributed by atoms with van der Waals surface area (Å²) in [5.74, 6) is 3.83. The van der Waals surface area contributed by atoms with E-state index in [-0.39, 0.29) is 35.1 Å². The molecular weight excluding hydrogens is 1590 g/mol. The van der Waals surface area contributed by atoms with Crippen LogP contribution in [0.5, 0.6) is 46.0 Å². The monoisotopic (exact) mass is 1690 g/mol. The first-order chi connectivity index (χ1) is 60.7. The number of ketones is 1. The number of nitrogens with one attached hydrogen (secondary N) is 1. The topological polar surface area (TPSA) is 179 Å². The SMILES string of the molecule is CF.COc1cc2c(cc1OCc1ccccc1)CCN=C2/C=C/c1ccc(F)cc1C.COc1cc2c(cc1OCc1ccccc1)CCNC2/C=C/c1ccc(F)cc1C.COc1ccc(CCCC(=O)/C=C/c2ccc(F)cc2C)cc1OCc1ccccc1.COc1ccc(CCN)cc1OCc1ccccc1.Cc1cc(F)ccc1/C=C/C(=O)O. The largest absolute Gasteiger partial charge is 0.493 e. The van der Waals surface area contributed by atoms with E-state index in [9.17, 15) is 31.5 Å². The first-order valence-electron chi connectivity index (χ1n) is 41.1. The molecule has 648 valence electrons. The van der Waals surface area contributed by atoms with Crippen molar-refractivity contribution in [3.63, 3.8) is 0 Å². The molecule has 1 atom stereocenters. The molecule has 2 aliphatic rings. The maximum atomic E-state index is 13.4. The van der Waals surface area contributed by atoms with Gasteiger partial charge in [-0.25, -0.2) is 22.4 Å². The molecule has 12 aromatic carbocycles. The Balaban J connectivity index is 0.000000181. The number of hydrogen-bond donors (Lipinski definition) is 3. The molecule has 2 aliphatic heterocycles. The summed E-state index contributed by atoms with van der Waals surface area (Å²) in [5, 5.41) is 11.9. The van der Waals surface area contributed by atoms with Crippen LogP contribution >= 0.6 is 0 Å². The summed E-state index contributed by atoms with van der Waals surface area (Å²) in [4.78, 5) is 27.1. The third-order valence-corrected chi connectivity index (χ3v) is 20.2. The van der Waals surface area contributed by atoms with Crippen LogP contribution in [0.2, 0.25) is 0 Å². The fourth-order valence-corrected chi connectivity index (χ4v) is 13.5. The summed E-state index contributed by atoms with van der Waals surface area (Å²) in [6, 6.07) is 78.7. The molecule has 0 saturated heterocycles. The van der Waals surface area contributed by atoms with Crippen molar-refractivity contribution in [1.82, 2.24) is 5.32 Å². The second-order valence-electron chi connectivity index (χ2n) is 29.2. The summed E-state index contributed by atoms with van der Waals surface area (Å²) in [5.41, 5.74) is 24.7. The molecule has 19 heteroatoms. The highest BCUT2D eigenvalue weighted by Gasteiger charge is 2.23. The number of carboxylic acid groups (broad SMARTS) is 1. The summed E-state index contributed by atoms with van der Waals surface area (Å²) >= 11 is 0. The van der Waals surface area contributed by atoms with Crippen LogP contribution in [0, 0.1) is 51.0 Å². The number of halogens is 5. The lowest BCUT2D eigenvalue weighted by atomic mass is 9.92. The Bertz CT molecular complexity index is 5610. The molecule has 125 heavy (non-hydrogen) atoms. The fraction of sp³-hybridized carbons (Fsp3) is 0.217. The van der Waals surface area contributed by atoms with Crippen LogP contribution in [0.4, 0.5) is 22.0 Å². The molecule has 14 rings (SSSR count). The predicted molar refractivity (Wildman–Crippen MR) is 491 cm³/mol. The number of methoxy groups -OCH3 is 4. The number of carboxylic acids is 1. The van der Waals surface area contributed by atoms with Crippen LogP contribution in [0.1, 0.15) is 119 Å². The van der Waals surface area contributed by atoms with Gasteiger partial charge in [-0.1, -0.05) is 182 Å². The quantitative estimate of drug-likeness (QED) is 0.0286. The van der Waals surface area contributed by atoms with E-state index in [0.717, 1.165) is 164 Å². The number of aryl methyl sites for hydroxylation is 5. The van der Waals surface area contributed by atoms with E-state index >= 15 is 0 Å². The number of benzene rings is 12.